The van der Waals surface area contributed by atoms with E-state index in [9.17, 15) is 0 Å². The van der Waals surface area contributed by atoms with Crippen LogP contribution in [-0.2, 0) is 13.1 Å². The second-order valence-corrected chi connectivity index (χ2v) is 4.63. The lowest BCUT2D eigenvalue weighted by molar-refractivity contribution is 0.672. The Balaban J connectivity index is 1.94. The van der Waals surface area contributed by atoms with Gasteiger partial charge in [0, 0.05) is 19.3 Å². The van der Waals surface area contributed by atoms with E-state index in [2.05, 4.69) is 47.3 Å². The van der Waals surface area contributed by atoms with Gasteiger partial charge in [0.15, 0.2) is 0 Å². The summed E-state index contributed by atoms with van der Waals surface area (Å²) in [5, 5.41) is 3.42. The molecular weight excluding hydrogens is 222 g/mol. The smallest absolute Gasteiger partial charge is 0.125 e. The molecule has 0 radical (unpaired) electrons. The van der Waals surface area contributed by atoms with Crippen LogP contribution in [-0.4, -0.2) is 9.97 Å². The van der Waals surface area contributed by atoms with Gasteiger partial charge in [-0.05, 0) is 38.0 Å². The maximum Gasteiger partial charge on any atom is 0.125 e. The fourth-order valence-corrected chi connectivity index (χ4v) is 1.92. The Bertz CT molecular complexity index is 535. The van der Waals surface area contributed by atoms with Gasteiger partial charge in [0.05, 0.1) is 5.69 Å². The van der Waals surface area contributed by atoms with Crippen LogP contribution in [0.2, 0.25) is 0 Å². The van der Waals surface area contributed by atoms with E-state index < -0.39 is 0 Å². The molecule has 1 heterocycles. The van der Waals surface area contributed by atoms with E-state index in [0.29, 0.717) is 0 Å². The number of rotatable bonds is 4. The second kappa shape index (κ2) is 5.74. The van der Waals surface area contributed by atoms with Crippen LogP contribution in [0.15, 0.2) is 30.5 Å². The van der Waals surface area contributed by atoms with Crippen molar-refractivity contribution in [3.63, 3.8) is 0 Å². The van der Waals surface area contributed by atoms with Crippen LogP contribution in [0, 0.1) is 20.8 Å². The molecule has 0 spiro atoms. The number of benzene rings is 1. The van der Waals surface area contributed by atoms with Gasteiger partial charge < -0.3 is 5.32 Å². The molecule has 1 aromatic carbocycles. The van der Waals surface area contributed by atoms with E-state index in [1.807, 2.05) is 13.0 Å². The molecule has 0 amide bonds. The average molecular weight is 241 g/mol. The molecule has 2 aromatic rings. The van der Waals surface area contributed by atoms with Crippen LogP contribution in [0.1, 0.15) is 28.2 Å². The summed E-state index contributed by atoms with van der Waals surface area (Å²) in [5.74, 6) is 0.820. The molecule has 0 saturated heterocycles. The van der Waals surface area contributed by atoms with Gasteiger partial charge >= 0.3 is 0 Å². The number of hydrogen-bond acceptors (Lipinski definition) is 3. The van der Waals surface area contributed by atoms with Crippen molar-refractivity contribution in [2.24, 2.45) is 0 Å². The Labute approximate surface area is 108 Å². The Kier molecular flexibility index (Phi) is 4.05. The summed E-state index contributed by atoms with van der Waals surface area (Å²) in [7, 11) is 0. The molecule has 2 rings (SSSR count). The largest absolute Gasteiger partial charge is 0.307 e. The van der Waals surface area contributed by atoms with Crippen molar-refractivity contribution in [1.29, 1.82) is 0 Å². The van der Waals surface area contributed by atoms with Gasteiger partial charge in [-0.3, -0.25) is 0 Å². The standard InChI is InChI=1S/C15H19N3/c1-11-4-5-12(2)14(8-11)9-16-10-15-6-7-17-13(3)18-15/h4-8,16H,9-10H2,1-3H3. The molecule has 1 aromatic heterocycles. The first-order valence-electron chi connectivity index (χ1n) is 6.20. The number of nitrogens with zero attached hydrogens (tertiary/aromatic N) is 2. The molecule has 0 atom stereocenters. The average Bonchev–Trinajstić information content (AvgIpc) is 2.34. The first kappa shape index (κ1) is 12.7. The third-order valence-corrected chi connectivity index (χ3v) is 2.96. The molecule has 0 aliphatic heterocycles. The van der Waals surface area contributed by atoms with Crippen LogP contribution in [0.5, 0.6) is 0 Å². The van der Waals surface area contributed by atoms with Crippen LogP contribution >= 0.6 is 0 Å². The summed E-state index contributed by atoms with van der Waals surface area (Å²) in [6, 6.07) is 8.49. The van der Waals surface area contributed by atoms with E-state index in [-0.39, 0.29) is 0 Å². The highest BCUT2D eigenvalue weighted by Crippen LogP contribution is 2.10. The summed E-state index contributed by atoms with van der Waals surface area (Å²) in [5.41, 5.74) is 5.01. The molecular formula is C15H19N3. The minimum Gasteiger partial charge on any atom is -0.307 e. The van der Waals surface area contributed by atoms with Crippen molar-refractivity contribution in [2.45, 2.75) is 33.9 Å². The van der Waals surface area contributed by atoms with Gasteiger partial charge in [-0.15, -0.1) is 0 Å². The fourth-order valence-electron chi connectivity index (χ4n) is 1.92. The molecule has 3 nitrogen and oxygen atoms in total. The molecule has 18 heavy (non-hydrogen) atoms. The van der Waals surface area contributed by atoms with Gasteiger partial charge in [-0.1, -0.05) is 23.8 Å². The predicted molar refractivity (Wildman–Crippen MR) is 73.2 cm³/mol. The zero-order valence-electron chi connectivity index (χ0n) is 11.2. The number of aryl methyl sites for hydroxylation is 3. The predicted octanol–water partition coefficient (Wildman–Crippen LogP) is 2.69. The Hall–Kier alpha value is -1.74. The molecule has 0 aliphatic carbocycles. The summed E-state index contributed by atoms with van der Waals surface area (Å²) >= 11 is 0. The van der Waals surface area contributed by atoms with Gasteiger partial charge in [-0.2, -0.15) is 0 Å². The van der Waals surface area contributed by atoms with Crippen LogP contribution in [0.4, 0.5) is 0 Å². The van der Waals surface area contributed by atoms with Crippen LogP contribution < -0.4 is 5.32 Å². The van der Waals surface area contributed by atoms with Crippen molar-refractivity contribution in [3.05, 3.63) is 58.7 Å². The third kappa shape index (κ3) is 3.37. The summed E-state index contributed by atoms with van der Waals surface area (Å²) in [6.07, 6.45) is 1.80. The van der Waals surface area contributed by atoms with Gasteiger partial charge in [0.1, 0.15) is 5.82 Å². The lowest BCUT2D eigenvalue weighted by atomic mass is 10.1. The van der Waals surface area contributed by atoms with Crippen molar-refractivity contribution in [1.82, 2.24) is 15.3 Å². The molecule has 0 aliphatic rings. The quantitative estimate of drug-likeness (QED) is 0.894. The normalized spacial score (nSPS) is 10.6. The van der Waals surface area contributed by atoms with Crippen LogP contribution in [0.3, 0.4) is 0 Å². The van der Waals surface area contributed by atoms with Crippen molar-refractivity contribution in [3.8, 4) is 0 Å². The Morgan fingerprint density at radius 1 is 1.06 bits per heavy atom. The fraction of sp³-hybridized carbons (Fsp3) is 0.333. The van der Waals surface area contributed by atoms with E-state index >= 15 is 0 Å². The Morgan fingerprint density at radius 2 is 1.89 bits per heavy atom. The van der Waals surface area contributed by atoms with Crippen molar-refractivity contribution < 1.29 is 0 Å². The number of aromatic nitrogens is 2. The first-order valence-corrected chi connectivity index (χ1v) is 6.20. The lowest BCUT2D eigenvalue weighted by Gasteiger charge is -2.08. The summed E-state index contributed by atoms with van der Waals surface area (Å²) < 4.78 is 0. The van der Waals surface area contributed by atoms with E-state index in [1.165, 1.54) is 16.7 Å². The molecule has 1 N–H and O–H groups in total. The second-order valence-electron chi connectivity index (χ2n) is 4.63. The highest BCUT2D eigenvalue weighted by Gasteiger charge is 2.00. The third-order valence-electron chi connectivity index (χ3n) is 2.96. The minimum absolute atomic E-state index is 0.775. The maximum atomic E-state index is 4.37. The van der Waals surface area contributed by atoms with Crippen molar-refractivity contribution >= 4 is 0 Å². The van der Waals surface area contributed by atoms with Gasteiger partial charge in [0.25, 0.3) is 0 Å². The number of hydrogen-bond donors (Lipinski definition) is 1. The van der Waals surface area contributed by atoms with Crippen molar-refractivity contribution in [2.75, 3.05) is 0 Å². The van der Waals surface area contributed by atoms with E-state index in [0.717, 1.165) is 24.6 Å². The highest BCUT2D eigenvalue weighted by atomic mass is 14.9. The van der Waals surface area contributed by atoms with Crippen LogP contribution in [0.25, 0.3) is 0 Å². The summed E-state index contributed by atoms with van der Waals surface area (Å²) in [6.45, 7) is 7.82. The molecule has 0 saturated carbocycles. The minimum atomic E-state index is 0.775. The van der Waals surface area contributed by atoms with E-state index in [4.69, 9.17) is 0 Å². The molecule has 0 bridgehead atoms. The maximum absolute atomic E-state index is 4.37. The summed E-state index contributed by atoms with van der Waals surface area (Å²) in [4.78, 5) is 8.46. The molecule has 3 heteroatoms. The topological polar surface area (TPSA) is 37.8 Å². The molecule has 94 valence electrons. The zero-order chi connectivity index (χ0) is 13.0. The first-order chi connectivity index (χ1) is 8.65. The highest BCUT2D eigenvalue weighted by molar-refractivity contribution is 5.30. The monoisotopic (exact) mass is 241 g/mol. The van der Waals surface area contributed by atoms with E-state index in [1.54, 1.807) is 6.20 Å². The Morgan fingerprint density at radius 3 is 2.67 bits per heavy atom. The number of nitrogens with one attached hydrogen (secondary N) is 1. The molecule has 0 fully saturated rings. The lowest BCUT2D eigenvalue weighted by Crippen LogP contribution is -2.15. The molecule has 0 unspecified atom stereocenters. The zero-order valence-corrected chi connectivity index (χ0v) is 11.2. The SMILES string of the molecule is Cc1ccc(C)c(CNCc2ccnc(C)n2)c1. The van der Waals surface area contributed by atoms with Gasteiger partial charge in [0.2, 0.25) is 0 Å². The van der Waals surface area contributed by atoms with Gasteiger partial charge in [-0.25, -0.2) is 9.97 Å².